The highest BCUT2D eigenvalue weighted by atomic mass is 35.5. The third-order valence-corrected chi connectivity index (χ3v) is 4.44. The number of allylic oxidation sites excluding steroid dienone is 1. The summed E-state index contributed by atoms with van der Waals surface area (Å²) in [6, 6.07) is 1.67. The van der Waals surface area contributed by atoms with Gasteiger partial charge in [-0.05, 0) is 19.4 Å². The van der Waals surface area contributed by atoms with E-state index < -0.39 is 23.9 Å². The number of halogens is 1. The van der Waals surface area contributed by atoms with Crippen molar-refractivity contribution in [3.63, 3.8) is 0 Å². The second kappa shape index (κ2) is 10.0. The van der Waals surface area contributed by atoms with Crippen LogP contribution in [0.15, 0.2) is 23.4 Å². The number of ether oxygens (including phenoxy) is 3. The highest BCUT2D eigenvalue weighted by molar-refractivity contribution is 6.31. The largest absolute Gasteiger partial charge is 0.493 e. The number of esters is 1. The van der Waals surface area contributed by atoms with Crippen LogP contribution in [0.3, 0.4) is 0 Å². The molecule has 10 heteroatoms. The number of primary amides is 1. The van der Waals surface area contributed by atoms with Crippen LogP contribution < -0.4 is 25.8 Å². The van der Waals surface area contributed by atoms with Crippen molar-refractivity contribution >= 4 is 29.5 Å². The van der Waals surface area contributed by atoms with Gasteiger partial charge in [0.1, 0.15) is 0 Å². The minimum Gasteiger partial charge on any atom is -0.493 e. The van der Waals surface area contributed by atoms with Crippen molar-refractivity contribution in [2.24, 2.45) is 5.73 Å². The molecular weight excluding hydrogens is 402 g/mol. The van der Waals surface area contributed by atoms with E-state index in [1.165, 1.54) is 19.2 Å². The lowest BCUT2D eigenvalue weighted by atomic mass is 9.93. The smallest absolute Gasteiger partial charge is 0.338 e. The summed E-state index contributed by atoms with van der Waals surface area (Å²) < 4.78 is 15.8. The summed E-state index contributed by atoms with van der Waals surface area (Å²) in [6.45, 7) is 3.45. The number of benzene rings is 1. The number of nitrogens with two attached hydrogens (primary N) is 1. The van der Waals surface area contributed by atoms with Crippen LogP contribution in [-0.2, 0) is 14.3 Å². The fourth-order valence-corrected chi connectivity index (χ4v) is 3.20. The first-order valence-corrected chi connectivity index (χ1v) is 9.46. The maximum atomic E-state index is 12.7. The van der Waals surface area contributed by atoms with Gasteiger partial charge >= 0.3 is 12.0 Å². The number of methoxy groups -OCH3 is 1. The first-order chi connectivity index (χ1) is 13.8. The number of carbonyl (C=O) groups excluding carboxylic acids is 3. The Kier molecular flexibility index (Phi) is 7.72. The number of amides is 3. The van der Waals surface area contributed by atoms with Crippen molar-refractivity contribution in [3.8, 4) is 11.5 Å². The van der Waals surface area contributed by atoms with Crippen molar-refractivity contribution in [2.75, 3.05) is 20.3 Å². The molecule has 1 aliphatic rings. The zero-order chi connectivity index (χ0) is 21.6. The van der Waals surface area contributed by atoms with E-state index in [4.69, 9.17) is 31.5 Å². The third kappa shape index (κ3) is 5.32. The summed E-state index contributed by atoms with van der Waals surface area (Å²) in [5.41, 5.74) is 6.27. The van der Waals surface area contributed by atoms with Crippen LogP contribution >= 0.6 is 11.6 Å². The fraction of sp³-hybridized carbons (Fsp3) is 0.421. The van der Waals surface area contributed by atoms with Crippen molar-refractivity contribution in [1.29, 1.82) is 0 Å². The Labute approximate surface area is 173 Å². The standard InChI is InChI=1S/C19H24ClN3O6/c1-4-6-12-16(18(25)28-5-2)17(23-19(26)22-12)10-7-13(27-3)14(8-11(10)20)29-9-15(21)24/h7-8,17H,4-6,9H2,1-3H3,(H2,21,24)(H2,22,23,26). The SMILES string of the molecule is CCCC1=C(C(=O)OCC)C(c2cc(OC)c(OCC(N)=O)cc2Cl)NC(=O)N1. The lowest BCUT2D eigenvalue weighted by molar-refractivity contribution is -0.139. The second-order valence-corrected chi connectivity index (χ2v) is 6.58. The van der Waals surface area contributed by atoms with Crippen LogP contribution in [0.1, 0.15) is 38.3 Å². The predicted octanol–water partition coefficient (Wildman–Crippen LogP) is 2.18. The maximum absolute atomic E-state index is 12.7. The molecule has 2 rings (SSSR count). The van der Waals surface area contributed by atoms with E-state index in [0.717, 1.165) is 0 Å². The first kappa shape index (κ1) is 22.4. The molecule has 0 radical (unpaired) electrons. The molecule has 1 atom stereocenters. The van der Waals surface area contributed by atoms with Crippen molar-refractivity contribution < 1.29 is 28.6 Å². The van der Waals surface area contributed by atoms with E-state index in [0.29, 0.717) is 24.1 Å². The van der Waals surface area contributed by atoms with Crippen LogP contribution in [-0.4, -0.2) is 38.2 Å². The summed E-state index contributed by atoms with van der Waals surface area (Å²) in [6.07, 6.45) is 1.19. The van der Waals surface area contributed by atoms with Gasteiger partial charge in [-0.25, -0.2) is 9.59 Å². The average Bonchev–Trinajstić information content (AvgIpc) is 2.66. The van der Waals surface area contributed by atoms with Crippen molar-refractivity contribution in [2.45, 2.75) is 32.7 Å². The Balaban J connectivity index is 2.56. The predicted molar refractivity (Wildman–Crippen MR) is 106 cm³/mol. The summed E-state index contributed by atoms with van der Waals surface area (Å²) in [4.78, 5) is 35.9. The monoisotopic (exact) mass is 425 g/mol. The van der Waals surface area contributed by atoms with Gasteiger partial charge in [-0.3, -0.25) is 4.79 Å². The number of urea groups is 1. The van der Waals surface area contributed by atoms with E-state index in [-0.39, 0.29) is 35.3 Å². The molecule has 0 aliphatic carbocycles. The molecule has 158 valence electrons. The van der Waals surface area contributed by atoms with E-state index in [9.17, 15) is 14.4 Å². The molecule has 0 spiro atoms. The Hall–Kier alpha value is -2.94. The van der Waals surface area contributed by atoms with Crippen molar-refractivity contribution in [3.05, 3.63) is 34.0 Å². The zero-order valence-electron chi connectivity index (χ0n) is 16.5. The molecule has 29 heavy (non-hydrogen) atoms. The molecule has 1 heterocycles. The lowest BCUT2D eigenvalue weighted by Gasteiger charge is -2.30. The number of hydrogen-bond acceptors (Lipinski definition) is 6. The quantitative estimate of drug-likeness (QED) is 0.520. The van der Waals surface area contributed by atoms with E-state index >= 15 is 0 Å². The molecule has 1 unspecified atom stereocenters. The molecule has 0 aromatic heterocycles. The van der Waals surface area contributed by atoms with Gasteiger partial charge < -0.3 is 30.6 Å². The molecule has 0 bridgehead atoms. The number of hydrogen-bond donors (Lipinski definition) is 3. The molecule has 1 aliphatic heterocycles. The molecule has 4 N–H and O–H groups in total. The molecule has 9 nitrogen and oxygen atoms in total. The fourth-order valence-electron chi connectivity index (χ4n) is 2.94. The molecule has 0 saturated carbocycles. The van der Waals surface area contributed by atoms with Crippen LogP contribution in [0, 0.1) is 0 Å². The number of rotatable bonds is 9. The number of nitrogens with one attached hydrogen (secondary N) is 2. The second-order valence-electron chi connectivity index (χ2n) is 6.17. The van der Waals surface area contributed by atoms with Gasteiger partial charge in [0, 0.05) is 17.3 Å². The van der Waals surface area contributed by atoms with Gasteiger partial charge in [0.05, 0.1) is 30.4 Å². The molecule has 1 aromatic rings. The lowest BCUT2D eigenvalue weighted by Crippen LogP contribution is -2.46. The van der Waals surface area contributed by atoms with Gasteiger partial charge in [0.15, 0.2) is 18.1 Å². The van der Waals surface area contributed by atoms with Gasteiger partial charge in [-0.2, -0.15) is 0 Å². The maximum Gasteiger partial charge on any atom is 0.338 e. The van der Waals surface area contributed by atoms with Gasteiger partial charge in [0.25, 0.3) is 5.91 Å². The van der Waals surface area contributed by atoms with E-state index in [2.05, 4.69) is 10.6 Å². The van der Waals surface area contributed by atoms with Gasteiger partial charge in [-0.15, -0.1) is 0 Å². The zero-order valence-corrected chi connectivity index (χ0v) is 17.2. The Morgan fingerprint density at radius 2 is 1.97 bits per heavy atom. The van der Waals surface area contributed by atoms with Gasteiger partial charge in [0.2, 0.25) is 0 Å². The Morgan fingerprint density at radius 3 is 2.55 bits per heavy atom. The van der Waals surface area contributed by atoms with Crippen LogP contribution in [0.25, 0.3) is 0 Å². The summed E-state index contributed by atoms with van der Waals surface area (Å²) >= 11 is 6.43. The minimum absolute atomic E-state index is 0.180. The molecule has 1 aromatic carbocycles. The van der Waals surface area contributed by atoms with E-state index in [1.54, 1.807) is 6.92 Å². The van der Waals surface area contributed by atoms with Crippen LogP contribution in [0.4, 0.5) is 4.79 Å². The molecule has 3 amide bonds. The highest BCUT2D eigenvalue weighted by Gasteiger charge is 2.35. The number of carbonyl (C=O) groups is 3. The molecule has 0 saturated heterocycles. The average molecular weight is 426 g/mol. The van der Waals surface area contributed by atoms with Crippen LogP contribution in [0.5, 0.6) is 11.5 Å². The summed E-state index contributed by atoms with van der Waals surface area (Å²) in [5.74, 6) is -0.749. The summed E-state index contributed by atoms with van der Waals surface area (Å²) in [7, 11) is 1.41. The van der Waals surface area contributed by atoms with Gasteiger partial charge in [-0.1, -0.05) is 24.9 Å². The highest BCUT2D eigenvalue weighted by Crippen LogP contribution is 2.40. The Bertz CT molecular complexity index is 839. The molecular formula is C19H24ClN3O6. The normalized spacial score (nSPS) is 16.0. The third-order valence-electron chi connectivity index (χ3n) is 4.11. The Morgan fingerprint density at radius 1 is 1.24 bits per heavy atom. The first-order valence-electron chi connectivity index (χ1n) is 9.08. The van der Waals surface area contributed by atoms with Crippen LogP contribution in [0.2, 0.25) is 5.02 Å². The summed E-state index contributed by atoms with van der Waals surface area (Å²) in [5, 5.41) is 5.59. The van der Waals surface area contributed by atoms with Crippen molar-refractivity contribution in [1.82, 2.24) is 10.6 Å². The molecule has 0 fully saturated rings. The van der Waals surface area contributed by atoms with E-state index in [1.807, 2.05) is 6.92 Å². The minimum atomic E-state index is -0.851. The topological polar surface area (TPSA) is 129 Å².